The topological polar surface area (TPSA) is 61.9 Å². The van der Waals surface area contributed by atoms with E-state index in [9.17, 15) is 9.59 Å². The number of hydrogen-bond donors (Lipinski definition) is 1. The van der Waals surface area contributed by atoms with E-state index in [4.69, 9.17) is 4.74 Å². The zero-order valence-corrected chi connectivity index (χ0v) is 13.2. The fraction of sp³-hybridized carbons (Fsp3) is 0.867. The van der Waals surface area contributed by atoms with Gasteiger partial charge in [0.25, 0.3) is 0 Å². The molecule has 2 fully saturated rings. The molecule has 0 atom stereocenters. The Bertz CT molecular complexity index is 382. The van der Waals surface area contributed by atoms with Crippen LogP contribution in [0.25, 0.3) is 0 Å². The number of amides is 1. The maximum absolute atomic E-state index is 12.2. The van der Waals surface area contributed by atoms with Crippen molar-refractivity contribution in [2.24, 2.45) is 0 Å². The van der Waals surface area contributed by atoms with Crippen molar-refractivity contribution in [3.8, 4) is 0 Å². The maximum Gasteiger partial charge on any atom is 0.331 e. The minimum Gasteiger partial charge on any atom is -0.464 e. The Hall–Kier alpha value is -1.14. The molecule has 1 amide bonds. The van der Waals surface area contributed by atoms with Gasteiger partial charge >= 0.3 is 5.97 Å². The van der Waals surface area contributed by atoms with Crippen molar-refractivity contribution in [3.63, 3.8) is 0 Å². The summed E-state index contributed by atoms with van der Waals surface area (Å²) in [6.07, 6.45) is 3.43. The molecule has 1 N–H and O–H groups in total. The molecule has 0 spiro atoms. The quantitative estimate of drug-likeness (QED) is 0.736. The monoisotopic (exact) mass is 297 g/mol. The second-order valence-corrected chi connectivity index (χ2v) is 6.14. The number of esters is 1. The summed E-state index contributed by atoms with van der Waals surface area (Å²) in [5.41, 5.74) is -0.754. The standard InChI is InChI=1S/C15H27N3O3/c1-3-21-14(20)15(6-4-7-15)16-13(19)12-18-9-5-8-17(2)10-11-18/h3-12H2,1-2H3,(H,16,19). The second-order valence-electron chi connectivity index (χ2n) is 6.14. The van der Waals surface area contributed by atoms with Gasteiger partial charge in [0.15, 0.2) is 0 Å². The molecule has 120 valence electrons. The number of carbonyl (C=O) groups is 2. The first kappa shape index (κ1) is 16.2. The number of carbonyl (C=O) groups excluding carboxylic acids is 2. The Labute approximate surface area is 126 Å². The zero-order valence-electron chi connectivity index (χ0n) is 13.2. The summed E-state index contributed by atoms with van der Waals surface area (Å²) >= 11 is 0. The Morgan fingerprint density at radius 3 is 2.52 bits per heavy atom. The molecule has 0 aromatic rings. The lowest BCUT2D eigenvalue weighted by molar-refractivity contribution is -0.157. The van der Waals surface area contributed by atoms with Crippen LogP contribution in [0.5, 0.6) is 0 Å². The van der Waals surface area contributed by atoms with E-state index in [0.717, 1.165) is 39.0 Å². The number of hydrogen-bond acceptors (Lipinski definition) is 5. The van der Waals surface area contributed by atoms with E-state index < -0.39 is 5.54 Å². The third-order valence-corrected chi connectivity index (χ3v) is 4.43. The Kier molecular flexibility index (Phi) is 5.58. The van der Waals surface area contributed by atoms with E-state index >= 15 is 0 Å². The van der Waals surface area contributed by atoms with Crippen molar-refractivity contribution in [2.75, 3.05) is 46.4 Å². The molecule has 0 aromatic carbocycles. The van der Waals surface area contributed by atoms with E-state index in [1.54, 1.807) is 6.92 Å². The normalized spacial score (nSPS) is 23.0. The third kappa shape index (κ3) is 4.17. The van der Waals surface area contributed by atoms with Crippen molar-refractivity contribution in [2.45, 2.75) is 38.1 Å². The first-order valence-electron chi connectivity index (χ1n) is 7.95. The van der Waals surface area contributed by atoms with Crippen molar-refractivity contribution >= 4 is 11.9 Å². The van der Waals surface area contributed by atoms with Crippen LogP contribution in [0.1, 0.15) is 32.6 Å². The van der Waals surface area contributed by atoms with Gasteiger partial charge in [0.2, 0.25) is 5.91 Å². The highest BCUT2D eigenvalue weighted by Crippen LogP contribution is 2.33. The average Bonchev–Trinajstić information content (AvgIpc) is 2.59. The number of rotatable bonds is 5. The third-order valence-electron chi connectivity index (χ3n) is 4.43. The van der Waals surface area contributed by atoms with Gasteiger partial charge in [0.05, 0.1) is 13.2 Å². The molecule has 0 aromatic heterocycles. The molecule has 2 aliphatic rings. The van der Waals surface area contributed by atoms with Gasteiger partial charge in [-0.25, -0.2) is 4.79 Å². The summed E-state index contributed by atoms with van der Waals surface area (Å²) < 4.78 is 5.10. The van der Waals surface area contributed by atoms with Crippen LogP contribution in [0.3, 0.4) is 0 Å². The molecule has 0 radical (unpaired) electrons. The van der Waals surface area contributed by atoms with Crippen LogP contribution >= 0.6 is 0 Å². The molecular weight excluding hydrogens is 270 g/mol. The summed E-state index contributed by atoms with van der Waals surface area (Å²) in [5, 5.41) is 2.92. The summed E-state index contributed by atoms with van der Waals surface area (Å²) in [5.74, 6) is -0.340. The van der Waals surface area contributed by atoms with E-state index in [1.807, 2.05) is 0 Å². The summed E-state index contributed by atoms with van der Waals surface area (Å²) in [6.45, 7) is 6.41. The molecule has 21 heavy (non-hydrogen) atoms. The summed E-state index contributed by atoms with van der Waals surface area (Å²) in [6, 6.07) is 0. The van der Waals surface area contributed by atoms with Gasteiger partial charge in [-0.1, -0.05) is 0 Å². The van der Waals surface area contributed by atoms with Crippen LogP contribution in [0.2, 0.25) is 0 Å². The largest absolute Gasteiger partial charge is 0.464 e. The van der Waals surface area contributed by atoms with Crippen LogP contribution in [-0.4, -0.2) is 73.6 Å². The van der Waals surface area contributed by atoms with E-state index in [1.165, 1.54) is 0 Å². The first-order chi connectivity index (χ1) is 10.1. The highest BCUT2D eigenvalue weighted by atomic mass is 16.5. The molecule has 1 heterocycles. The molecule has 2 rings (SSSR count). The van der Waals surface area contributed by atoms with Crippen molar-refractivity contribution < 1.29 is 14.3 Å². The number of likely N-dealkylation sites (N-methyl/N-ethyl adjacent to an activating group) is 1. The fourth-order valence-corrected chi connectivity index (χ4v) is 2.95. The van der Waals surface area contributed by atoms with Gasteiger partial charge in [-0.2, -0.15) is 0 Å². The minimum absolute atomic E-state index is 0.0627. The van der Waals surface area contributed by atoms with Crippen LogP contribution in [0, 0.1) is 0 Å². The van der Waals surface area contributed by atoms with Crippen LogP contribution in [-0.2, 0) is 14.3 Å². The van der Waals surface area contributed by atoms with E-state index in [0.29, 0.717) is 26.0 Å². The van der Waals surface area contributed by atoms with Gasteiger partial charge in [0, 0.05) is 13.1 Å². The molecule has 1 aliphatic heterocycles. The molecule has 1 aliphatic carbocycles. The first-order valence-corrected chi connectivity index (χ1v) is 7.95. The van der Waals surface area contributed by atoms with Crippen molar-refractivity contribution in [1.29, 1.82) is 0 Å². The number of ether oxygens (including phenoxy) is 1. The Morgan fingerprint density at radius 1 is 1.14 bits per heavy atom. The van der Waals surface area contributed by atoms with Gasteiger partial charge in [-0.05, 0) is 52.7 Å². The lowest BCUT2D eigenvalue weighted by Gasteiger charge is -2.40. The van der Waals surface area contributed by atoms with Gasteiger partial charge in [-0.15, -0.1) is 0 Å². The predicted molar refractivity (Wildman–Crippen MR) is 79.9 cm³/mol. The summed E-state index contributed by atoms with van der Waals surface area (Å²) in [7, 11) is 2.10. The lowest BCUT2D eigenvalue weighted by atomic mass is 9.76. The Balaban J connectivity index is 1.84. The highest BCUT2D eigenvalue weighted by molar-refractivity contribution is 5.89. The molecule has 1 saturated heterocycles. The van der Waals surface area contributed by atoms with Crippen molar-refractivity contribution in [3.05, 3.63) is 0 Å². The molecule has 0 unspecified atom stereocenters. The molecule has 0 bridgehead atoms. The Morgan fingerprint density at radius 2 is 1.90 bits per heavy atom. The lowest BCUT2D eigenvalue weighted by Crippen LogP contribution is -2.61. The zero-order chi connectivity index (χ0) is 15.3. The number of nitrogens with zero attached hydrogens (tertiary/aromatic N) is 2. The molecule has 6 heteroatoms. The molecule has 1 saturated carbocycles. The molecule has 6 nitrogen and oxygen atoms in total. The number of nitrogens with one attached hydrogen (secondary N) is 1. The van der Waals surface area contributed by atoms with Gasteiger partial charge in [-0.3, -0.25) is 9.69 Å². The maximum atomic E-state index is 12.2. The summed E-state index contributed by atoms with van der Waals surface area (Å²) in [4.78, 5) is 28.7. The SMILES string of the molecule is CCOC(=O)C1(NC(=O)CN2CCCN(C)CC2)CCC1. The van der Waals surface area contributed by atoms with Gasteiger partial charge in [0.1, 0.15) is 5.54 Å². The van der Waals surface area contributed by atoms with E-state index in [2.05, 4.69) is 22.2 Å². The van der Waals surface area contributed by atoms with Gasteiger partial charge < -0.3 is 15.0 Å². The highest BCUT2D eigenvalue weighted by Gasteiger charge is 2.46. The minimum atomic E-state index is -0.754. The smallest absolute Gasteiger partial charge is 0.331 e. The van der Waals surface area contributed by atoms with Crippen LogP contribution in [0.15, 0.2) is 0 Å². The predicted octanol–water partition coefficient (Wildman–Crippen LogP) is 0.226. The van der Waals surface area contributed by atoms with Crippen LogP contribution < -0.4 is 5.32 Å². The second kappa shape index (κ2) is 7.22. The molecular formula is C15H27N3O3. The van der Waals surface area contributed by atoms with Crippen LogP contribution in [0.4, 0.5) is 0 Å². The van der Waals surface area contributed by atoms with E-state index in [-0.39, 0.29) is 11.9 Å². The average molecular weight is 297 g/mol. The van der Waals surface area contributed by atoms with Crippen molar-refractivity contribution in [1.82, 2.24) is 15.1 Å². The fourth-order valence-electron chi connectivity index (χ4n) is 2.95.